The van der Waals surface area contributed by atoms with E-state index in [2.05, 4.69) is 21.6 Å². The molecular formula is C25H29ClFN3O3. The number of nitrogens with one attached hydrogen (secondary N) is 2. The number of urea groups is 1. The highest BCUT2D eigenvalue weighted by atomic mass is 35.5. The van der Waals surface area contributed by atoms with Gasteiger partial charge in [-0.05, 0) is 74.4 Å². The molecule has 2 amide bonds. The second-order valence-electron chi connectivity index (χ2n) is 8.99. The number of hydrogen-bond donors (Lipinski definition) is 2. The number of nitrogens with zero attached hydrogens (tertiary/aromatic N) is 1. The molecule has 3 atom stereocenters. The molecular weight excluding hydrogens is 445 g/mol. The number of aldehydes is 1. The third-order valence-corrected chi connectivity index (χ3v) is 6.41. The van der Waals surface area contributed by atoms with Crippen molar-refractivity contribution in [1.29, 1.82) is 0 Å². The zero-order chi connectivity index (χ0) is 23.5. The summed E-state index contributed by atoms with van der Waals surface area (Å²) in [7, 11) is 0. The van der Waals surface area contributed by atoms with E-state index in [4.69, 9.17) is 16.3 Å². The van der Waals surface area contributed by atoms with Gasteiger partial charge in [-0.2, -0.15) is 0 Å². The molecule has 33 heavy (non-hydrogen) atoms. The van der Waals surface area contributed by atoms with E-state index in [1.807, 2.05) is 26.0 Å². The number of hydrogen-bond acceptors (Lipinski definition) is 4. The normalized spacial score (nSPS) is 21.4. The molecule has 1 saturated heterocycles. The number of ether oxygens (including phenoxy) is 1. The predicted molar refractivity (Wildman–Crippen MR) is 129 cm³/mol. The monoisotopic (exact) mass is 473 g/mol. The van der Waals surface area contributed by atoms with Gasteiger partial charge in [0.05, 0.1) is 29.3 Å². The molecule has 4 rings (SSSR count). The molecule has 1 aliphatic carbocycles. The first-order chi connectivity index (χ1) is 15.8. The van der Waals surface area contributed by atoms with Gasteiger partial charge in [-0.25, -0.2) is 9.18 Å². The quantitative estimate of drug-likeness (QED) is 0.497. The summed E-state index contributed by atoms with van der Waals surface area (Å²) >= 11 is 5.81. The minimum absolute atomic E-state index is 0.0417. The maximum atomic E-state index is 14.2. The van der Waals surface area contributed by atoms with Crippen LogP contribution in [0.25, 0.3) is 0 Å². The molecule has 2 aromatic carbocycles. The number of amides is 2. The molecule has 1 aliphatic heterocycles. The van der Waals surface area contributed by atoms with E-state index in [0.717, 1.165) is 36.4 Å². The number of anilines is 3. The number of carbonyl (C=O) groups excluding carboxylic acids is 2. The Morgan fingerprint density at radius 2 is 1.85 bits per heavy atom. The maximum Gasteiger partial charge on any atom is 0.323 e. The minimum atomic E-state index is -0.609. The molecule has 0 radical (unpaired) electrons. The van der Waals surface area contributed by atoms with Crippen LogP contribution in [0.15, 0.2) is 36.4 Å². The first kappa shape index (κ1) is 23.5. The van der Waals surface area contributed by atoms with Crippen molar-refractivity contribution in [3.63, 3.8) is 0 Å². The Bertz CT molecular complexity index is 1020. The fourth-order valence-electron chi connectivity index (χ4n) is 4.60. The van der Waals surface area contributed by atoms with Gasteiger partial charge in [-0.1, -0.05) is 17.7 Å². The molecule has 2 aromatic rings. The van der Waals surface area contributed by atoms with E-state index in [1.54, 1.807) is 0 Å². The first-order valence-corrected chi connectivity index (χ1v) is 11.7. The summed E-state index contributed by atoms with van der Waals surface area (Å²) < 4.78 is 20.0. The van der Waals surface area contributed by atoms with Gasteiger partial charge < -0.3 is 25.1 Å². The Labute approximate surface area is 198 Å². The second kappa shape index (κ2) is 10.1. The van der Waals surface area contributed by atoms with Gasteiger partial charge in [0.2, 0.25) is 0 Å². The van der Waals surface area contributed by atoms with Crippen LogP contribution >= 0.6 is 11.6 Å². The topological polar surface area (TPSA) is 70.7 Å². The van der Waals surface area contributed by atoms with E-state index in [0.29, 0.717) is 31.1 Å². The van der Waals surface area contributed by atoms with Crippen LogP contribution in [-0.4, -0.2) is 37.6 Å². The summed E-state index contributed by atoms with van der Waals surface area (Å²) in [6, 6.07) is 9.54. The van der Waals surface area contributed by atoms with Crippen LogP contribution in [-0.2, 0) is 9.53 Å². The van der Waals surface area contributed by atoms with Crippen molar-refractivity contribution < 1.29 is 18.7 Å². The molecule has 3 unspecified atom stereocenters. The standard InChI is InChI=1S/C25H29ClFN3O3/c1-15-13-30(14-16(2)33-15)24-8-5-18(20(9-10-31)17-3-4-17)11-23(24)29-25(32)28-22-7-6-19(26)12-21(22)27/h5-8,10-12,15-17,20H,3-4,9,13-14H2,1-2H3,(H2,28,29,32). The van der Waals surface area contributed by atoms with Crippen molar-refractivity contribution >= 4 is 41.0 Å². The lowest BCUT2D eigenvalue weighted by Gasteiger charge is -2.38. The van der Waals surface area contributed by atoms with E-state index >= 15 is 0 Å². The van der Waals surface area contributed by atoms with Gasteiger partial charge in [0.15, 0.2) is 0 Å². The molecule has 2 N–H and O–H groups in total. The largest absolute Gasteiger partial charge is 0.372 e. The van der Waals surface area contributed by atoms with Crippen LogP contribution in [0.3, 0.4) is 0 Å². The second-order valence-corrected chi connectivity index (χ2v) is 9.42. The Kier molecular flexibility index (Phi) is 7.20. The number of rotatable bonds is 7. The van der Waals surface area contributed by atoms with Crippen LogP contribution in [0.5, 0.6) is 0 Å². The minimum Gasteiger partial charge on any atom is -0.372 e. The van der Waals surface area contributed by atoms with Crippen molar-refractivity contribution in [2.24, 2.45) is 5.92 Å². The third kappa shape index (κ3) is 5.84. The van der Waals surface area contributed by atoms with Crippen molar-refractivity contribution in [2.75, 3.05) is 28.6 Å². The number of benzene rings is 2. The average Bonchev–Trinajstić information content (AvgIpc) is 3.58. The van der Waals surface area contributed by atoms with Crippen LogP contribution in [0.4, 0.5) is 26.2 Å². The van der Waals surface area contributed by atoms with E-state index in [1.165, 1.54) is 12.1 Å². The Hall–Kier alpha value is -2.64. The van der Waals surface area contributed by atoms with Crippen molar-refractivity contribution in [2.45, 2.75) is 51.2 Å². The lowest BCUT2D eigenvalue weighted by molar-refractivity contribution is -0.108. The van der Waals surface area contributed by atoms with Gasteiger partial charge in [-0.15, -0.1) is 0 Å². The van der Waals surface area contributed by atoms with Gasteiger partial charge in [0, 0.05) is 24.5 Å². The molecule has 176 valence electrons. The molecule has 2 aliphatic rings. The highest BCUT2D eigenvalue weighted by molar-refractivity contribution is 6.30. The smallest absolute Gasteiger partial charge is 0.323 e. The van der Waals surface area contributed by atoms with E-state index in [-0.39, 0.29) is 28.8 Å². The summed E-state index contributed by atoms with van der Waals surface area (Å²) in [5.74, 6) is 0.0213. The Morgan fingerprint density at radius 1 is 1.15 bits per heavy atom. The van der Waals surface area contributed by atoms with Crippen LogP contribution in [0.1, 0.15) is 44.6 Å². The Balaban J connectivity index is 1.62. The number of halogens is 2. The molecule has 8 heteroatoms. The van der Waals surface area contributed by atoms with E-state index < -0.39 is 11.8 Å². The number of carbonyl (C=O) groups is 2. The van der Waals surface area contributed by atoms with Gasteiger partial charge in [0.1, 0.15) is 12.1 Å². The fourth-order valence-corrected chi connectivity index (χ4v) is 4.76. The van der Waals surface area contributed by atoms with Gasteiger partial charge in [0.25, 0.3) is 0 Å². The highest BCUT2D eigenvalue weighted by Crippen LogP contribution is 2.45. The molecule has 0 spiro atoms. The molecule has 0 bridgehead atoms. The summed E-state index contributed by atoms with van der Waals surface area (Å²) in [4.78, 5) is 26.3. The van der Waals surface area contributed by atoms with Crippen LogP contribution < -0.4 is 15.5 Å². The molecule has 0 aromatic heterocycles. The summed E-state index contributed by atoms with van der Waals surface area (Å²) in [5, 5.41) is 5.72. The third-order valence-electron chi connectivity index (χ3n) is 6.18. The van der Waals surface area contributed by atoms with Crippen LogP contribution in [0, 0.1) is 11.7 Å². The molecule has 1 heterocycles. The molecule has 6 nitrogen and oxygen atoms in total. The maximum absolute atomic E-state index is 14.2. The zero-order valence-corrected chi connectivity index (χ0v) is 19.6. The predicted octanol–water partition coefficient (Wildman–Crippen LogP) is 5.82. The van der Waals surface area contributed by atoms with Crippen molar-refractivity contribution in [3.05, 3.63) is 52.8 Å². The Morgan fingerprint density at radius 3 is 2.48 bits per heavy atom. The molecule has 2 fully saturated rings. The van der Waals surface area contributed by atoms with E-state index in [9.17, 15) is 14.0 Å². The summed E-state index contributed by atoms with van der Waals surface area (Å²) in [6.45, 7) is 5.42. The lowest BCUT2D eigenvalue weighted by atomic mass is 9.90. The summed E-state index contributed by atoms with van der Waals surface area (Å²) in [6.07, 6.45) is 3.73. The van der Waals surface area contributed by atoms with Gasteiger partial charge >= 0.3 is 6.03 Å². The summed E-state index contributed by atoms with van der Waals surface area (Å²) in [5.41, 5.74) is 2.56. The number of morpholine rings is 1. The average molecular weight is 474 g/mol. The zero-order valence-electron chi connectivity index (χ0n) is 18.8. The van der Waals surface area contributed by atoms with Crippen molar-refractivity contribution in [1.82, 2.24) is 0 Å². The highest BCUT2D eigenvalue weighted by Gasteiger charge is 2.33. The fraction of sp³-hybridized carbons (Fsp3) is 0.440. The lowest BCUT2D eigenvalue weighted by Crippen LogP contribution is -2.45. The van der Waals surface area contributed by atoms with Crippen molar-refractivity contribution in [3.8, 4) is 0 Å². The van der Waals surface area contributed by atoms with Gasteiger partial charge in [-0.3, -0.25) is 0 Å². The molecule has 1 saturated carbocycles. The first-order valence-electron chi connectivity index (χ1n) is 11.3. The van der Waals surface area contributed by atoms with Crippen LogP contribution in [0.2, 0.25) is 5.02 Å². The SMILES string of the molecule is CC1CN(c2ccc(C(CC=O)C3CC3)cc2NC(=O)Nc2ccc(Cl)cc2F)CC(C)O1.